The lowest BCUT2D eigenvalue weighted by atomic mass is 9.99. The second-order valence-electron chi connectivity index (χ2n) is 19.9. The second kappa shape index (κ2) is 19.2. The molecule has 0 bridgehead atoms. The molecule has 11 heteroatoms. The first kappa shape index (κ1) is 50.5. The van der Waals surface area contributed by atoms with Gasteiger partial charge in [-0.25, -0.2) is 0 Å². The van der Waals surface area contributed by atoms with E-state index in [1.54, 1.807) is 28.4 Å². The number of hydrogen-bond donors (Lipinski definition) is 0. The maximum absolute atomic E-state index is 7.26. The molecule has 0 aromatic heterocycles. The number of fused-ring (bicyclic) bond motifs is 2. The molecule has 9 rings (SSSR count). The van der Waals surface area contributed by atoms with Crippen LogP contribution in [-0.2, 0) is 0 Å². The highest BCUT2D eigenvalue weighted by Gasteiger charge is 2.45. The van der Waals surface area contributed by atoms with Crippen molar-refractivity contribution in [3.05, 3.63) is 141 Å². The lowest BCUT2D eigenvalue weighted by Crippen LogP contribution is -2.31. The highest BCUT2D eigenvalue weighted by atomic mass is 31.1. The van der Waals surface area contributed by atoms with E-state index in [4.69, 9.17) is 42.6 Å². The Morgan fingerprint density at radius 3 is 1.01 bits per heavy atom. The highest BCUT2D eigenvalue weighted by molar-refractivity contribution is 7.80. The Labute approximate surface area is 428 Å². The van der Waals surface area contributed by atoms with Crippen LogP contribution in [0.3, 0.4) is 0 Å². The van der Waals surface area contributed by atoms with E-state index >= 15 is 0 Å². The van der Waals surface area contributed by atoms with E-state index < -0.39 is 27.4 Å². The molecule has 7 aromatic rings. The van der Waals surface area contributed by atoms with Gasteiger partial charge in [-0.2, -0.15) is 0 Å². The lowest BCUT2D eigenvalue weighted by Gasteiger charge is -2.30. The summed E-state index contributed by atoms with van der Waals surface area (Å²) in [5.41, 5.74) is 10.9. The normalized spacial score (nSPS) is 14.0. The third kappa shape index (κ3) is 9.09. The molecule has 2 heterocycles. The van der Waals surface area contributed by atoms with Gasteiger partial charge in [0.25, 0.3) is 0 Å². The number of ether oxygens (including phenoxy) is 9. The number of benzene rings is 7. The number of para-hydroxylation sites is 1. The molecule has 72 heavy (non-hydrogen) atoms. The standard InChI is InChI=1S/C61H66O9P2/c1-33-23-43(24-34(2)52(33)62-14)71(44-25-35(3)53(63-15)36(4)26-44)48-31-41(9)56-58(69-60(10,11)67-56)50(48)51-49(32-47(66-42-21-19-18-20-22-42)57-59(51)70-61(12,13)68-57)72(45-27-37(5)54(64-16)38(6)28-45)46-29-39(7)55(65-17)40(8)30-46/h18-32H,1-17H3. The summed E-state index contributed by atoms with van der Waals surface area (Å²) in [6.07, 6.45) is 0. The van der Waals surface area contributed by atoms with Gasteiger partial charge in [-0.3, -0.25) is 0 Å². The predicted octanol–water partition coefficient (Wildman–Crippen LogP) is 12.5. The van der Waals surface area contributed by atoms with Crippen LogP contribution in [0.1, 0.15) is 77.8 Å². The van der Waals surface area contributed by atoms with E-state index in [1.165, 1.54) is 0 Å². The summed E-state index contributed by atoms with van der Waals surface area (Å²) < 4.78 is 59.3. The number of methoxy groups -OCH3 is 4. The van der Waals surface area contributed by atoms with E-state index in [1.807, 2.05) is 58.0 Å². The van der Waals surface area contributed by atoms with Gasteiger partial charge in [0.15, 0.2) is 23.0 Å². The number of aryl methyl sites for hydroxylation is 9. The Morgan fingerprint density at radius 2 is 0.667 bits per heavy atom. The molecule has 0 fully saturated rings. The first-order chi connectivity index (χ1) is 34.2. The Morgan fingerprint density at radius 1 is 0.361 bits per heavy atom. The molecule has 2 aliphatic rings. The number of rotatable bonds is 13. The van der Waals surface area contributed by atoms with Crippen molar-refractivity contribution in [2.75, 3.05) is 28.4 Å². The summed E-state index contributed by atoms with van der Waals surface area (Å²) in [7, 11) is 4.07. The fraction of sp³-hybridized carbons (Fsp3) is 0.311. The molecule has 9 nitrogen and oxygen atoms in total. The molecular weight excluding hydrogens is 939 g/mol. The Kier molecular flexibility index (Phi) is 13.5. The van der Waals surface area contributed by atoms with Gasteiger partial charge >= 0.3 is 0 Å². The zero-order valence-corrected chi connectivity index (χ0v) is 46.5. The Hall–Kier alpha value is -6.40. The van der Waals surface area contributed by atoms with Gasteiger partial charge in [-0.15, -0.1) is 0 Å². The smallest absolute Gasteiger partial charge is 0.246 e. The van der Waals surface area contributed by atoms with E-state index in [-0.39, 0.29) is 0 Å². The zero-order chi connectivity index (χ0) is 51.7. The van der Waals surface area contributed by atoms with Crippen LogP contribution in [-0.4, -0.2) is 40.0 Å². The van der Waals surface area contributed by atoms with Crippen LogP contribution in [0.15, 0.2) is 91.0 Å². The molecule has 374 valence electrons. The Bertz CT molecular complexity index is 3070. The molecule has 0 aliphatic carbocycles. The van der Waals surface area contributed by atoms with Gasteiger partial charge in [-0.05, 0) is 228 Å². The van der Waals surface area contributed by atoms with E-state index in [2.05, 4.69) is 123 Å². The van der Waals surface area contributed by atoms with Crippen molar-refractivity contribution in [1.29, 1.82) is 0 Å². The first-order valence-electron chi connectivity index (χ1n) is 24.3. The summed E-state index contributed by atoms with van der Waals surface area (Å²) >= 11 is 0. The average Bonchev–Trinajstić information content (AvgIpc) is 3.82. The van der Waals surface area contributed by atoms with Crippen LogP contribution in [0.4, 0.5) is 0 Å². The third-order valence-corrected chi connectivity index (χ3v) is 18.1. The van der Waals surface area contributed by atoms with Crippen LogP contribution in [0.2, 0.25) is 0 Å². The molecule has 0 spiro atoms. The van der Waals surface area contributed by atoms with E-state index in [0.717, 1.165) is 116 Å². The van der Waals surface area contributed by atoms with Crippen molar-refractivity contribution < 1.29 is 42.6 Å². The van der Waals surface area contributed by atoms with Crippen molar-refractivity contribution in [2.24, 2.45) is 0 Å². The van der Waals surface area contributed by atoms with Crippen molar-refractivity contribution in [1.82, 2.24) is 0 Å². The maximum Gasteiger partial charge on any atom is 0.246 e. The van der Waals surface area contributed by atoms with Crippen LogP contribution in [0.5, 0.6) is 57.5 Å². The third-order valence-electron chi connectivity index (χ3n) is 13.3. The molecule has 0 radical (unpaired) electrons. The highest BCUT2D eigenvalue weighted by Crippen LogP contribution is 2.60. The molecule has 0 saturated carbocycles. The Balaban J connectivity index is 1.51. The predicted molar refractivity (Wildman–Crippen MR) is 295 cm³/mol. The topological polar surface area (TPSA) is 83.1 Å². The fourth-order valence-corrected chi connectivity index (χ4v) is 16.4. The fourth-order valence-electron chi connectivity index (χ4n) is 10.7. The molecule has 2 aliphatic heterocycles. The van der Waals surface area contributed by atoms with Gasteiger partial charge in [0.1, 0.15) is 28.7 Å². The summed E-state index contributed by atoms with van der Waals surface area (Å²) in [6, 6.07) is 32.5. The summed E-state index contributed by atoms with van der Waals surface area (Å²) in [4.78, 5) is 0. The SMILES string of the molecule is COc1c(C)cc(P(c2cc(C)c(OC)c(C)c2)c2cc(C)c3c(c2-c2c(P(c4cc(C)c(OC)c(C)c4)c4cc(C)c(OC)c(C)c4)cc(Oc4ccccc4)c4c2OC(C)(C)O4)OC(C)(C)O3)cc1C. The minimum atomic E-state index is -1.48. The van der Waals surface area contributed by atoms with Crippen molar-refractivity contribution in [3.63, 3.8) is 0 Å². The number of hydrogen-bond acceptors (Lipinski definition) is 9. The van der Waals surface area contributed by atoms with E-state index in [0.29, 0.717) is 34.5 Å². The quantitative estimate of drug-likeness (QED) is 0.105. The van der Waals surface area contributed by atoms with Crippen molar-refractivity contribution in [3.8, 4) is 68.6 Å². The minimum Gasteiger partial charge on any atom is -0.496 e. The van der Waals surface area contributed by atoms with Gasteiger partial charge in [-0.1, -0.05) is 18.2 Å². The largest absolute Gasteiger partial charge is 0.496 e. The van der Waals surface area contributed by atoms with E-state index in [9.17, 15) is 0 Å². The van der Waals surface area contributed by atoms with Gasteiger partial charge in [0.2, 0.25) is 17.3 Å². The summed E-state index contributed by atoms with van der Waals surface area (Å²) in [6.45, 7) is 26.9. The van der Waals surface area contributed by atoms with Crippen molar-refractivity contribution in [2.45, 2.75) is 102 Å². The van der Waals surface area contributed by atoms with Crippen molar-refractivity contribution >= 4 is 47.7 Å². The van der Waals surface area contributed by atoms with Gasteiger partial charge < -0.3 is 42.6 Å². The van der Waals surface area contributed by atoms with Gasteiger partial charge in [0.05, 0.1) is 28.4 Å². The molecule has 0 atom stereocenters. The molecule has 0 unspecified atom stereocenters. The average molecular weight is 1010 g/mol. The van der Waals surface area contributed by atoms with Crippen LogP contribution in [0.25, 0.3) is 11.1 Å². The lowest BCUT2D eigenvalue weighted by molar-refractivity contribution is -0.0446. The van der Waals surface area contributed by atoms with Gasteiger partial charge in [0, 0.05) is 44.1 Å². The summed E-state index contributed by atoms with van der Waals surface area (Å²) in [5, 5.41) is 6.55. The van der Waals surface area contributed by atoms with Crippen LogP contribution >= 0.6 is 15.8 Å². The van der Waals surface area contributed by atoms with Crippen LogP contribution < -0.4 is 74.5 Å². The molecular formula is C61H66O9P2. The first-order valence-corrected chi connectivity index (χ1v) is 26.9. The van der Waals surface area contributed by atoms with Crippen LogP contribution in [0, 0.1) is 62.3 Å². The molecule has 0 N–H and O–H groups in total. The zero-order valence-electron chi connectivity index (χ0n) is 44.7. The monoisotopic (exact) mass is 1000 g/mol. The molecule has 7 aromatic carbocycles. The second-order valence-corrected chi connectivity index (χ2v) is 24.3. The maximum atomic E-state index is 7.26. The molecule has 0 saturated heterocycles. The molecule has 0 amide bonds. The minimum absolute atomic E-state index is 0.497. The summed E-state index contributed by atoms with van der Waals surface area (Å²) in [5.74, 6) is 4.91.